The van der Waals surface area contributed by atoms with E-state index >= 15 is 0 Å². The zero-order valence-electron chi connectivity index (χ0n) is 17.7. The first-order chi connectivity index (χ1) is 15.1. The van der Waals surface area contributed by atoms with Gasteiger partial charge in [-0.2, -0.15) is 0 Å². The number of hydrogen-bond acceptors (Lipinski definition) is 5. The highest BCUT2D eigenvalue weighted by Gasteiger charge is 2.15. The molecule has 0 fully saturated rings. The molecule has 3 N–H and O–H groups in total. The van der Waals surface area contributed by atoms with E-state index in [1.54, 1.807) is 6.92 Å². The molecule has 0 heterocycles. The third-order valence-corrected chi connectivity index (χ3v) is 4.97. The van der Waals surface area contributed by atoms with E-state index < -0.39 is 6.04 Å². The fraction of sp³-hybridized carbons (Fsp3) is 0.231. The molecule has 0 saturated heterocycles. The zero-order chi connectivity index (χ0) is 22.1. The highest BCUT2D eigenvalue weighted by Crippen LogP contribution is 2.21. The Morgan fingerprint density at radius 1 is 0.903 bits per heavy atom. The second-order valence-electron chi connectivity index (χ2n) is 7.35. The number of hydrogen-bond donors (Lipinski definition) is 2. The summed E-state index contributed by atoms with van der Waals surface area (Å²) in [6.45, 7) is 3.00. The maximum absolute atomic E-state index is 12.2. The lowest BCUT2D eigenvalue weighted by molar-refractivity contribution is -0.144. The molecule has 3 aromatic rings. The van der Waals surface area contributed by atoms with Crippen LogP contribution in [0.4, 0.5) is 0 Å². The number of nitrogens with one attached hydrogen (secondary N) is 1. The quantitative estimate of drug-likeness (QED) is 0.389. The normalized spacial score (nSPS) is 11.7. The van der Waals surface area contributed by atoms with Gasteiger partial charge in [0.05, 0.1) is 13.2 Å². The van der Waals surface area contributed by atoms with Crippen molar-refractivity contribution in [3.63, 3.8) is 0 Å². The molecule has 0 saturated carbocycles. The van der Waals surface area contributed by atoms with Gasteiger partial charge in [0.15, 0.2) is 5.78 Å². The van der Waals surface area contributed by atoms with Crippen molar-refractivity contribution in [3.8, 4) is 11.1 Å². The van der Waals surface area contributed by atoms with Crippen molar-refractivity contribution in [2.24, 2.45) is 5.73 Å². The number of esters is 1. The van der Waals surface area contributed by atoms with Crippen LogP contribution in [0.3, 0.4) is 0 Å². The predicted molar refractivity (Wildman–Crippen MR) is 123 cm³/mol. The summed E-state index contributed by atoms with van der Waals surface area (Å²) in [5.41, 5.74) is 10.9. The number of Topliss-reactive ketones (excluding diaryl/α,β-unsaturated/α-hetero) is 1. The van der Waals surface area contributed by atoms with Gasteiger partial charge >= 0.3 is 5.97 Å². The minimum Gasteiger partial charge on any atom is -0.465 e. The Kier molecular flexibility index (Phi) is 8.10. The Labute approximate surface area is 183 Å². The molecule has 0 aromatic heterocycles. The number of nitrogens with two attached hydrogens (primary N) is 1. The first-order valence-electron chi connectivity index (χ1n) is 10.5. The van der Waals surface area contributed by atoms with E-state index in [9.17, 15) is 9.59 Å². The Morgan fingerprint density at radius 3 is 2.35 bits per heavy atom. The van der Waals surface area contributed by atoms with Gasteiger partial charge in [-0.25, -0.2) is 0 Å². The molecular weight excluding hydrogens is 388 g/mol. The van der Waals surface area contributed by atoms with Crippen LogP contribution in [0, 0.1) is 0 Å². The van der Waals surface area contributed by atoms with Gasteiger partial charge in [-0.1, -0.05) is 72.8 Å². The minimum absolute atomic E-state index is 0.0772. The average molecular weight is 417 g/mol. The number of benzene rings is 3. The minimum atomic E-state index is -0.654. The van der Waals surface area contributed by atoms with E-state index in [1.807, 2.05) is 66.7 Å². The van der Waals surface area contributed by atoms with Crippen molar-refractivity contribution in [1.29, 1.82) is 0 Å². The lowest BCUT2D eigenvalue weighted by atomic mass is 9.99. The van der Waals surface area contributed by atoms with Crippen molar-refractivity contribution in [2.75, 3.05) is 13.2 Å². The molecule has 3 rings (SSSR count). The number of rotatable bonds is 10. The van der Waals surface area contributed by atoms with Gasteiger partial charge in [-0.05, 0) is 41.7 Å². The maximum Gasteiger partial charge on any atom is 0.323 e. The maximum atomic E-state index is 12.2. The largest absolute Gasteiger partial charge is 0.465 e. The topological polar surface area (TPSA) is 81.4 Å². The number of carbonyl (C=O) groups is 2. The molecule has 1 atom stereocenters. The molecule has 0 bridgehead atoms. The summed E-state index contributed by atoms with van der Waals surface area (Å²) in [5, 5.41) is 3.22. The van der Waals surface area contributed by atoms with Crippen LogP contribution in [-0.2, 0) is 22.5 Å². The molecule has 0 aliphatic heterocycles. The van der Waals surface area contributed by atoms with E-state index in [0.717, 1.165) is 22.3 Å². The lowest BCUT2D eigenvalue weighted by Gasteiger charge is -2.11. The van der Waals surface area contributed by atoms with Crippen LogP contribution < -0.4 is 11.1 Å². The molecule has 0 amide bonds. The lowest BCUT2D eigenvalue weighted by Crippen LogP contribution is -2.34. The van der Waals surface area contributed by atoms with E-state index in [0.29, 0.717) is 31.7 Å². The predicted octanol–water partition coefficient (Wildman–Crippen LogP) is 3.76. The van der Waals surface area contributed by atoms with Crippen molar-refractivity contribution in [3.05, 3.63) is 95.6 Å². The van der Waals surface area contributed by atoms with Crippen LogP contribution in [0.5, 0.6) is 0 Å². The highest BCUT2D eigenvalue weighted by molar-refractivity contribution is 5.97. The van der Waals surface area contributed by atoms with Crippen molar-refractivity contribution >= 4 is 11.8 Å². The third kappa shape index (κ3) is 6.60. The van der Waals surface area contributed by atoms with Crippen LogP contribution in [0.25, 0.3) is 11.1 Å². The van der Waals surface area contributed by atoms with Crippen LogP contribution >= 0.6 is 0 Å². The Balaban J connectivity index is 1.57. The van der Waals surface area contributed by atoms with Gasteiger partial charge in [-0.15, -0.1) is 0 Å². The van der Waals surface area contributed by atoms with Gasteiger partial charge < -0.3 is 15.8 Å². The second kappa shape index (κ2) is 11.2. The number of ether oxygens (including phenoxy) is 1. The molecule has 160 valence electrons. The van der Waals surface area contributed by atoms with Gasteiger partial charge in [0.25, 0.3) is 0 Å². The van der Waals surface area contributed by atoms with E-state index in [1.165, 1.54) is 0 Å². The fourth-order valence-electron chi connectivity index (χ4n) is 3.33. The van der Waals surface area contributed by atoms with E-state index in [2.05, 4.69) is 17.4 Å². The number of carbonyl (C=O) groups excluding carboxylic acids is 2. The van der Waals surface area contributed by atoms with Gasteiger partial charge in [0.2, 0.25) is 0 Å². The SMILES string of the molecule is CCOC(=O)[C@@H](N)Cc1ccc(-c2cccc(CNCC(=O)c3ccccc3)c2)cc1. The summed E-state index contributed by atoms with van der Waals surface area (Å²) < 4.78 is 4.96. The van der Waals surface area contributed by atoms with Crippen LogP contribution in [0.1, 0.15) is 28.4 Å². The average Bonchev–Trinajstić information content (AvgIpc) is 2.80. The third-order valence-electron chi connectivity index (χ3n) is 4.97. The van der Waals surface area contributed by atoms with Crippen molar-refractivity contribution in [1.82, 2.24) is 5.32 Å². The summed E-state index contributed by atoms with van der Waals surface area (Å²) in [6.07, 6.45) is 0.443. The zero-order valence-corrected chi connectivity index (χ0v) is 17.7. The Bertz CT molecular complexity index is 1000. The molecule has 5 heteroatoms. The van der Waals surface area contributed by atoms with Gasteiger partial charge in [0.1, 0.15) is 6.04 Å². The van der Waals surface area contributed by atoms with Crippen LogP contribution in [-0.4, -0.2) is 30.9 Å². The van der Waals surface area contributed by atoms with Crippen LogP contribution in [0.15, 0.2) is 78.9 Å². The molecule has 31 heavy (non-hydrogen) atoms. The molecule has 3 aromatic carbocycles. The summed E-state index contributed by atoms with van der Waals surface area (Å²) in [7, 11) is 0. The molecule has 5 nitrogen and oxygen atoms in total. The summed E-state index contributed by atoms with van der Waals surface area (Å²) in [6, 6.07) is 24.9. The first-order valence-corrected chi connectivity index (χ1v) is 10.5. The molecule has 0 radical (unpaired) electrons. The Hall–Kier alpha value is -3.28. The molecule has 0 unspecified atom stereocenters. The fourth-order valence-corrected chi connectivity index (χ4v) is 3.33. The monoisotopic (exact) mass is 416 g/mol. The van der Waals surface area contributed by atoms with Crippen molar-refractivity contribution in [2.45, 2.75) is 25.9 Å². The molecule has 0 spiro atoms. The standard InChI is InChI=1S/C26H28N2O3/c1-2-31-26(30)24(27)16-19-11-13-21(14-12-19)23-10-6-7-20(15-23)17-28-18-25(29)22-8-4-3-5-9-22/h3-15,24,28H,2,16-18,27H2,1H3/t24-/m0/s1. The summed E-state index contributed by atoms with van der Waals surface area (Å²) in [4.78, 5) is 23.9. The molecule has 0 aliphatic rings. The molecule has 0 aliphatic carbocycles. The van der Waals surface area contributed by atoms with Crippen molar-refractivity contribution < 1.29 is 14.3 Å². The van der Waals surface area contributed by atoms with E-state index in [4.69, 9.17) is 10.5 Å². The molecular formula is C26H28N2O3. The summed E-state index contributed by atoms with van der Waals surface area (Å²) in [5.74, 6) is -0.300. The summed E-state index contributed by atoms with van der Waals surface area (Å²) >= 11 is 0. The van der Waals surface area contributed by atoms with Gasteiger partial charge in [-0.3, -0.25) is 9.59 Å². The second-order valence-corrected chi connectivity index (χ2v) is 7.35. The highest BCUT2D eigenvalue weighted by atomic mass is 16.5. The first kappa shape index (κ1) is 22.4. The van der Waals surface area contributed by atoms with Gasteiger partial charge in [0, 0.05) is 12.1 Å². The van der Waals surface area contributed by atoms with E-state index in [-0.39, 0.29) is 11.8 Å². The Morgan fingerprint density at radius 2 is 1.65 bits per heavy atom. The smallest absolute Gasteiger partial charge is 0.323 e. The number of ketones is 1. The van der Waals surface area contributed by atoms with Crippen LogP contribution in [0.2, 0.25) is 0 Å².